The molecule has 4 heteroatoms. The van der Waals surface area contributed by atoms with E-state index >= 15 is 0 Å². The van der Waals surface area contributed by atoms with Gasteiger partial charge < -0.3 is 10.0 Å². The molecule has 1 aliphatic heterocycles. The lowest BCUT2D eigenvalue weighted by atomic mass is 10.2. The van der Waals surface area contributed by atoms with Crippen molar-refractivity contribution < 1.29 is 5.11 Å². The van der Waals surface area contributed by atoms with Crippen LogP contribution in [0.2, 0.25) is 0 Å². The molecule has 0 saturated carbocycles. The van der Waals surface area contributed by atoms with Crippen LogP contribution in [0.5, 0.6) is 0 Å². The van der Waals surface area contributed by atoms with Gasteiger partial charge in [0, 0.05) is 30.0 Å². The first-order valence-corrected chi connectivity index (χ1v) is 5.96. The van der Waals surface area contributed by atoms with E-state index in [4.69, 9.17) is 5.11 Å². The van der Waals surface area contributed by atoms with E-state index in [9.17, 15) is 0 Å². The number of hydrogen-bond acceptors (Lipinski definition) is 4. The minimum atomic E-state index is 0.00698. The molecule has 0 aliphatic carbocycles. The molecule has 1 N–H and O–H groups in total. The Morgan fingerprint density at radius 3 is 2.62 bits per heavy atom. The van der Waals surface area contributed by atoms with Crippen molar-refractivity contribution in [2.45, 2.75) is 51.8 Å². The highest BCUT2D eigenvalue weighted by atomic mass is 16.3. The Bertz CT molecular complexity index is 339. The lowest BCUT2D eigenvalue weighted by Crippen LogP contribution is -2.35. The number of hydrogen-bond donors (Lipinski definition) is 1. The molecule has 0 radical (unpaired) electrons. The van der Waals surface area contributed by atoms with Crippen molar-refractivity contribution >= 4 is 5.95 Å². The van der Waals surface area contributed by atoms with Crippen LogP contribution in [0.25, 0.3) is 0 Å². The largest absolute Gasteiger partial charge is 0.392 e. The Kier molecular flexibility index (Phi) is 3.39. The summed E-state index contributed by atoms with van der Waals surface area (Å²) in [5, 5.41) is 8.95. The molecule has 1 fully saturated rings. The van der Waals surface area contributed by atoms with Crippen LogP contribution in [-0.2, 0) is 6.61 Å². The number of aliphatic hydroxyl groups is 1. The number of aliphatic hydroxyl groups excluding tert-OH is 1. The second kappa shape index (κ2) is 4.78. The average molecular weight is 221 g/mol. The van der Waals surface area contributed by atoms with Gasteiger partial charge in [0.05, 0.1) is 6.61 Å². The van der Waals surface area contributed by atoms with Gasteiger partial charge >= 0.3 is 0 Å². The zero-order valence-electron chi connectivity index (χ0n) is 9.93. The van der Waals surface area contributed by atoms with Crippen molar-refractivity contribution in [1.29, 1.82) is 0 Å². The maximum Gasteiger partial charge on any atom is 0.225 e. The van der Waals surface area contributed by atoms with Crippen molar-refractivity contribution in [2.75, 3.05) is 4.90 Å². The number of anilines is 1. The lowest BCUT2D eigenvalue weighted by molar-refractivity contribution is 0.281. The fourth-order valence-corrected chi connectivity index (χ4v) is 2.40. The van der Waals surface area contributed by atoms with E-state index in [1.807, 2.05) is 0 Å². The molecule has 4 nitrogen and oxygen atoms in total. The standard InChI is InChI=1S/C12H19N3O/c1-3-11-5-4-9(2)15(11)12-13-6-10(8-16)7-14-12/h6-7,9,11,16H,3-5,8H2,1-2H3. The summed E-state index contributed by atoms with van der Waals surface area (Å²) in [4.78, 5) is 11.0. The first kappa shape index (κ1) is 11.3. The average Bonchev–Trinajstić information content (AvgIpc) is 2.70. The molecule has 1 aromatic rings. The van der Waals surface area contributed by atoms with Gasteiger partial charge in [0.1, 0.15) is 0 Å². The van der Waals surface area contributed by atoms with E-state index in [2.05, 4.69) is 28.7 Å². The monoisotopic (exact) mass is 221 g/mol. The SMILES string of the molecule is CCC1CCC(C)N1c1ncc(CO)cn1. The highest BCUT2D eigenvalue weighted by molar-refractivity contribution is 5.35. The molecule has 1 aliphatic rings. The van der Waals surface area contributed by atoms with Gasteiger partial charge in [-0.15, -0.1) is 0 Å². The summed E-state index contributed by atoms with van der Waals surface area (Å²) >= 11 is 0. The highest BCUT2D eigenvalue weighted by Gasteiger charge is 2.30. The van der Waals surface area contributed by atoms with Crippen LogP contribution < -0.4 is 4.90 Å². The predicted octanol–water partition coefficient (Wildman–Crippen LogP) is 1.74. The van der Waals surface area contributed by atoms with E-state index in [1.54, 1.807) is 12.4 Å². The zero-order chi connectivity index (χ0) is 11.5. The molecule has 0 bridgehead atoms. The maximum atomic E-state index is 8.95. The predicted molar refractivity (Wildman–Crippen MR) is 63.2 cm³/mol. The molecule has 88 valence electrons. The number of aromatic nitrogens is 2. The summed E-state index contributed by atoms with van der Waals surface area (Å²) in [5.74, 6) is 0.800. The lowest BCUT2D eigenvalue weighted by Gasteiger charge is -2.27. The third-order valence-electron chi connectivity index (χ3n) is 3.36. The summed E-state index contributed by atoms with van der Waals surface area (Å²) in [6.45, 7) is 4.43. The molecule has 16 heavy (non-hydrogen) atoms. The molecule has 2 rings (SSSR count). The van der Waals surface area contributed by atoms with E-state index in [0.717, 1.165) is 17.9 Å². The number of nitrogens with zero attached hydrogens (tertiary/aromatic N) is 3. The molecule has 0 spiro atoms. The highest BCUT2D eigenvalue weighted by Crippen LogP contribution is 2.29. The van der Waals surface area contributed by atoms with Crippen LogP contribution >= 0.6 is 0 Å². The molecule has 2 heterocycles. The molecule has 0 amide bonds. The van der Waals surface area contributed by atoms with Crippen LogP contribution in [0.4, 0.5) is 5.95 Å². The van der Waals surface area contributed by atoms with Crippen molar-refractivity contribution in [3.63, 3.8) is 0 Å². The van der Waals surface area contributed by atoms with Crippen LogP contribution in [0.15, 0.2) is 12.4 Å². The molecule has 0 aromatic carbocycles. The van der Waals surface area contributed by atoms with E-state index in [1.165, 1.54) is 12.8 Å². The van der Waals surface area contributed by atoms with Crippen LogP contribution in [0.3, 0.4) is 0 Å². The van der Waals surface area contributed by atoms with Crippen LogP contribution in [-0.4, -0.2) is 27.2 Å². The molecule has 1 aromatic heterocycles. The zero-order valence-corrected chi connectivity index (χ0v) is 9.93. The maximum absolute atomic E-state index is 8.95. The van der Waals surface area contributed by atoms with Gasteiger partial charge in [-0.05, 0) is 26.2 Å². The third kappa shape index (κ3) is 2.02. The molecular weight excluding hydrogens is 202 g/mol. The molecule has 2 unspecified atom stereocenters. The van der Waals surface area contributed by atoms with Crippen molar-refractivity contribution in [3.05, 3.63) is 18.0 Å². The third-order valence-corrected chi connectivity index (χ3v) is 3.36. The Balaban J connectivity index is 2.21. The number of rotatable bonds is 3. The van der Waals surface area contributed by atoms with Gasteiger partial charge in [0.25, 0.3) is 0 Å². The minimum absolute atomic E-state index is 0.00698. The minimum Gasteiger partial charge on any atom is -0.392 e. The smallest absolute Gasteiger partial charge is 0.225 e. The Morgan fingerprint density at radius 1 is 1.38 bits per heavy atom. The van der Waals surface area contributed by atoms with Gasteiger partial charge in [-0.3, -0.25) is 0 Å². The van der Waals surface area contributed by atoms with Gasteiger partial charge in [0.15, 0.2) is 0 Å². The second-order valence-electron chi connectivity index (χ2n) is 4.45. The van der Waals surface area contributed by atoms with Crippen LogP contribution in [0, 0.1) is 0 Å². The normalized spacial score (nSPS) is 25.1. The Labute approximate surface area is 96.3 Å². The molecular formula is C12H19N3O. The fraction of sp³-hybridized carbons (Fsp3) is 0.667. The van der Waals surface area contributed by atoms with Crippen molar-refractivity contribution in [1.82, 2.24) is 9.97 Å². The van der Waals surface area contributed by atoms with E-state index in [0.29, 0.717) is 12.1 Å². The topological polar surface area (TPSA) is 49.2 Å². The Morgan fingerprint density at radius 2 is 2.06 bits per heavy atom. The summed E-state index contributed by atoms with van der Waals surface area (Å²) in [7, 11) is 0. The summed E-state index contributed by atoms with van der Waals surface area (Å²) in [6, 6.07) is 1.08. The molecule has 2 atom stereocenters. The van der Waals surface area contributed by atoms with Gasteiger partial charge in [-0.2, -0.15) is 0 Å². The van der Waals surface area contributed by atoms with E-state index < -0.39 is 0 Å². The quantitative estimate of drug-likeness (QED) is 0.844. The summed E-state index contributed by atoms with van der Waals surface area (Å²) in [5.41, 5.74) is 0.767. The summed E-state index contributed by atoms with van der Waals surface area (Å²) < 4.78 is 0. The van der Waals surface area contributed by atoms with Gasteiger partial charge in [-0.25, -0.2) is 9.97 Å². The van der Waals surface area contributed by atoms with E-state index in [-0.39, 0.29) is 6.61 Å². The van der Waals surface area contributed by atoms with Crippen LogP contribution in [0.1, 0.15) is 38.7 Å². The first-order valence-electron chi connectivity index (χ1n) is 5.96. The fourth-order valence-electron chi connectivity index (χ4n) is 2.40. The summed E-state index contributed by atoms with van der Waals surface area (Å²) in [6.07, 6.45) is 6.99. The first-order chi connectivity index (χ1) is 7.76. The van der Waals surface area contributed by atoms with Crippen molar-refractivity contribution in [3.8, 4) is 0 Å². The van der Waals surface area contributed by atoms with Gasteiger partial charge in [0.2, 0.25) is 5.95 Å². The molecule has 1 saturated heterocycles. The van der Waals surface area contributed by atoms with Gasteiger partial charge in [-0.1, -0.05) is 6.92 Å². The second-order valence-corrected chi connectivity index (χ2v) is 4.45. The van der Waals surface area contributed by atoms with Crippen molar-refractivity contribution in [2.24, 2.45) is 0 Å². The Hall–Kier alpha value is -1.16.